The topological polar surface area (TPSA) is 67.4 Å². The third kappa shape index (κ3) is 2.63. The summed E-state index contributed by atoms with van der Waals surface area (Å²) in [6.07, 6.45) is 3.72. The van der Waals surface area contributed by atoms with E-state index >= 15 is 0 Å². The molecule has 2 aromatic carbocycles. The number of phenolic OH excluding ortho intramolecular Hbond substituents is 1. The quantitative estimate of drug-likeness (QED) is 0.566. The molecule has 0 spiro atoms. The van der Waals surface area contributed by atoms with Crippen LogP contribution in [0.5, 0.6) is 17.2 Å². The van der Waals surface area contributed by atoms with Gasteiger partial charge in [-0.15, -0.1) is 0 Å². The van der Waals surface area contributed by atoms with Crippen LogP contribution in [0.4, 0.5) is 0 Å². The lowest BCUT2D eigenvalue weighted by Crippen LogP contribution is -1.93. The summed E-state index contributed by atoms with van der Waals surface area (Å²) < 4.78 is 10.8. The predicted molar refractivity (Wildman–Crippen MR) is 102 cm³/mol. The van der Waals surface area contributed by atoms with E-state index in [9.17, 15) is 5.11 Å². The second-order valence-electron chi connectivity index (χ2n) is 5.90. The molecule has 0 atom stereocenters. The zero-order chi connectivity index (χ0) is 18.1. The van der Waals surface area contributed by atoms with Crippen LogP contribution in [0.2, 0.25) is 0 Å². The summed E-state index contributed by atoms with van der Waals surface area (Å²) in [5.74, 6) is 1.58. The molecule has 0 aliphatic carbocycles. The van der Waals surface area contributed by atoms with Crippen LogP contribution in [-0.2, 0) is 0 Å². The van der Waals surface area contributed by atoms with Crippen LogP contribution in [0.3, 0.4) is 0 Å². The number of methoxy groups -OCH3 is 2. The van der Waals surface area contributed by atoms with Crippen molar-refractivity contribution in [1.82, 2.24) is 9.97 Å². The number of aromatic hydroxyl groups is 1. The molecule has 2 N–H and O–H groups in total. The minimum absolute atomic E-state index is 0.237. The maximum atomic E-state index is 9.64. The van der Waals surface area contributed by atoms with Gasteiger partial charge in [0, 0.05) is 28.9 Å². The summed E-state index contributed by atoms with van der Waals surface area (Å²) in [6.45, 7) is 0. The van der Waals surface area contributed by atoms with Gasteiger partial charge in [-0.1, -0.05) is 18.2 Å². The molecule has 0 bridgehead atoms. The van der Waals surface area contributed by atoms with Gasteiger partial charge in [0.25, 0.3) is 0 Å². The largest absolute Gasteiger partial charge is 0.508 e. The van der Waals surface area contributed by atoms with E-state index in [0.29, 0.717) is 11.5 Å². The Labute approximate surface area is 150 Å². The highest BCUT2D eigenvalue weighted by atomic mass is 16.5. The number of nitrogens with zero attached hydrogens (tertiary/aromatic N) is 1. The molecule has 0 aliphatic heterocycles. The number of fused-ring (bicyclic) bond motifs is 1. The van der Waals surface area contributed by atoms with Crippen molar-refractivity contribution in [1.29, 1.82) is 0 Å². The van der Waals surface area contributed by atoms with Crippen LogP contribution in [-0.4, -0.2) is 29.3 Å². The van der Waals surface area contributed by atoms with E-state index in [4.69, 9.17) is 9.47 Å². The first-order chi connectivity index (χ1) is 12.7. The molecule has 0 aliphatic rings. The number of nitrogens with one attached hydrogen (secondary N) is 1. The lowest BCUT2D eigenvalue weighted by atomic mass is 9.94. The van der Waals surface area contributed by atoms with E-state index in [0.717, 1.165) is 33.3 Å². The van der Waals surface area contributed by atoms with Gasteiger partial charge in [-0.05, 0) is 41.5 Å². The predicted octanol–water partition coefficient (Wildman–Crippen LogP) is 4.62. The first-order valence-corrected chi connectivity index (χ1v) is 8.19. The second kappa shape index (κ2) is 6.44. The molecular weight excluding hydrogens is 328 g/mol. The molecule has 0 saturated heterocycles. The Hall–Kier alpha value is -3.47. The van der Waals surface area contributed by atoms with Crippen LogP contribution in [0.15, 0.2) is 60.9 Å². The van der Waals surface area contributed by atoms with Gasteiger partial charge in [-0.2, -0.15) is 0 Å². The fourth-order valence-electron chi connectivity index (χ4n) is 3.17. The lowest BCUT2D eigenvalue weighted by Gasteiger charge is -2.14. The molecule has 0 saturated carbocycles. The molecule has 130 valence electrons. The van der Waals surface area contributed by atoms with Gasteiger partial charge >= 0.3 is 0 Å². The molecule has 4 rings (SSSR count). The van der Waals surface area contributed by atoms with Gasteiger partial charge in [-0.3, -0.25) is 0 Å². The number of aromatic amines is 1. The number of benzene rings is 2. The lowest BCUT2D eigenvalue weighted by molar-refractivity contribution is 0.355. The number of hydrogen-bond acceptors (Lipinski definition) is 4. The normalized spacial score (nSPS) is 10.8. The Morgan fingerprint density at radius 1 is 0.885 bits per heavy atom. The molecule has 0 unspecified atom stereocenters. The molecule has 0 amide bonds. The van der Waals surface area contributed by atoms with E-state index in [-0.39, 0.29) is 5.75 Å². The SMILES string of the molecule is COc1ccc(-c2cnc3[nH]ccc3c2-c2ccc(O)cc2)cc1OC. The number of hydrogen-bond donors (Lipinski definition) is 2. The van der Waals surface area contributed by atoms with E-state index in [1.165, 1.54) is 0 Å². The average molecular weight is 346 g/mol. The number of aromatic nitrogens is 2. The zero-order valence-electron chi connectivity index (χ0n) is 14.5. The molecule has 5 heteroatoms. The summed E-state index contributed by atoms with van der Waals surface area (Å²) >= 11 is 0. The van der Waals surface area contributed by atoms with Gasteiger partial charge in [0.2, 0.25) is 0 Å². The van der Waals surface area contributed by atoms with Gasteiger partial charge in [0.1, 0.15) is 11.4 Å². The van der Waals surface area contributed by atoms with Gasteiger partial charge in [-0.25, -0.2) is 4.98 Å². The van der Waals surface area contributed by atoms with Gasteiger partial charge < -0.3 is 19.6 Å². The Morgan fingerprint density at radius 2 is 1.62 bits per heavy atom. The van der Waals surface area contributed by atoms with E-state index in [1.807, 2.05) is 48.8 Å². The first-order valence-electron chi connectivity index (χ1n) is 8.19. The van der Waals surface area contributed by atoms with Crippen LogP contribution in [0.25, 0.3) is 33.3 Å². The standard InChI is InChI=1S/C21H18N2O3/c1-25-18-8-5-14(11-19(18)26-2)17-12-23-21-16(9-10-22-21)20(17)13-3-6-15(24)7-4-13/h3-12,24H,1-2H3,(H,22,23). The molecule has 0 fully saturated rings. The summed E-state index contributed by atoms with van der Waals surface area (Å²) in [5, 5.41) is 10.7. The van der Waals surface area contributed by atoms with Crippen molar-refractivity contribution in [3.63, 3.8) is 0 Å². The van der Waals surface area contributed by atoms with Crippen LogP contribution < -0.4 is 9.47 Å². The van der Waals surface area contributed by atoms with Crippen LogP contribution in [0.1, 0.15) is 0 Å². The van der Waals surface area contributed by atoms with Crippen molar-refractivity contribution >= 4 is 11.0 Å². The van der Waals surface area contributed by atoms with Crippen molar-refractivity contribution < 1.29 is 14.6 Å². The summed E-state index contributed by atoms with van der Waals surface area (Å²) in [6, 6.07) is 15.0. The van der Waals surface area contributed by atoms with Crippen molar-refractivity contribution in [2.24, 2.45) is 0 Å². The molecule has 26 heavy (non-hydrogen) atoms. The fraction of sp³-hybridized carbons (Fsp3) is 0.0952. The smallest absolute Gasteiger partial charge is 0.161 e. The number of H-pyrrole nitrogens is 1. The van der Waals surface area contributed by atoms with Gasteiger partial charge in [0.15, 0.2) is 11.5 Å². The van der Waals surface area contributed by atoms with E-state index in [1.54, 1.807) is 26.4 Å². The Balaban J connectivity index is 1.98. The molecule has 4 aromatic rings. The summed E-state index contributed by atoms with van der Waals surface area (Å²) in [5.41, 5.74) is 4.81. The van der Waals surface area contributed by atoms with E-state index < -0.39 is 0 Å². The molecular formula is C21H18N2O3. The number of phenols is 1. The monoisotopic (exact) mass is 346 g/mol. The minimum atomic E-state index is 0.237. The van der Waals surface area contributed by atoms with Gasteiger partial charge in [0.05, 0.1) is 14.2 Å². The van der Waals surface area contributed by atoms with Crippen molar-refractivity contribution in [3.05, 3.63) is 60.9 Å². The Bertz CT molecular complexity index is 1070. The maximum Gasteiger partial charge on any atom is 0.161 e. The van der Waals surface area contributed by atoms with E-state index in [2.05, 4.69) is 9.97 Å². The summed E-state index contributed by atoms with van der Waals surface area (Å²) in [4.78, 5) is 7.70. The third-order valence-electron chi connectivity index (χ3n) is 4.44. The van der Waals surface area contributed by atoms with Crippen molar-refractivity contribution in [3.8, 4) is 39.5 Å². The highest BCUT2D eigenvalue weighted by molar-refractivity contribution is 6.01. The highest BCUT2D eigenvalue weighted by Crippen LogP contribution is 2.40. The average Bonchev–Trinajstić information content (AvgIpc) is 3.16. The fourth-order valence-corrected chi connectivity index (χ4v) is 3.17. The highest BCUT2D eigenvalue weighted by Gasteiger charge is 2.15. The first kappa shape index (κ1) is 16.0. The third-order valence-corrected chi connectivity index (χ3v) is 4.44. The molecule has 5 nitrogen and oxygen atoms in total. The molecule has 0 radical (unpaired) electrons. The Kier molecular flexibility index (Phi) is 3.97. The van der Waals surface area contributed by atoms with Crippen LogP contribution >= 0.6 is 0 Å². The second-order valence-corrected chi connectivity index (χ2v) is 5.90. The maximum absolute atomic E-state index is 9.64. The Morgan fingerprint density at radius 3 is 2.35 bits per heavy atom. The molecule has 2 aromatic heterocycles. The minimum Gasteiger partial charge on any atom is -0.508 e. The van der Waals surface area contributed by atoms with Crippen LogP contribution in [0, 0.1) is 0 Å². The van der Waals surface area contributed by atoms with Crippen molar-refractivity contribution in [2.45, 2.75) is 0 Å². The number of pyridine rings is 1. The molecule has 2 heterocycles. The number of ether oxygens (including phenoxy) is 2. The number of rotatable bonds is 4. The summed E-state index contributed by atoms with van der Waals surface area (Å²) in [7, 11) is 3.24. The van der Waals surface area contributed by atoms with Crippen molar-refractivity contribution in [2.75, 3.05) is 14.2 Å². The zero-order valence-corrected chi connectivity index (χ0v) is 14.5.